The molecule has 0 aromatic rings. The maximum atomic E-state index is 3.57. The normalized spacial score (nSPS) is 25.1. The molecule has 0 aromatic carbocycles. The Morgan fingerprint density at radius 2 is 2.00 bits per heavy atom. The standard InChI is InChI=1S/C4H10BrNSSi/c5-8-6-1-3-7-4-2-6/h1-4,8H2. The van der Waals surface area contributed by atoms with Crippen LogP contribution in [-0.4, -0.2) is 37.5 Å². The van der Waals surface area contributed by atoms with Crippen LogP contribution in [0.5, 0.6) is 0 Å². The first-order chi connectivity index (χ1) is 3.93. The van der Waals surface area contributed by atoms with Gasteiger partial charge in [0.2, 0.25) is 0 Å². The van der Waals surface area contributed by atoms with E-state index in [1.165, 1.54) is 24.6 Å². The first-order valence-corrected chi connectivity index (χ1v) is 8.48. The van der Waals surface area contributed by atoms with Crippen molar-refractivity contribution >= 4 is 35.4 Å². The fourth-order valence-corrected chi connectivity index (χ4v) is 4.22. The molecule has 0 atom stereocenters. The predicted octanol–water partition coefficient (Wildman–Crippen LogP) is 0.429. The van der Waals surface area contributed by atoms with Gasteiger partial charge >= 0.3 is 0 Å². The number of hydrogen-bond donors (Lipinski definition) is 0. The highest BCUT2D eigenvalue weighted by atomic mass is 79.9. The summed E-state index contributed by atoms with van der Waals surface area (Å²) in [6.07, 6.45) is 0. The van der Waals surface area contributed by atoms with Gasteiger partial charge in [-0.2, -0.15) is 11.8 Å². The molecule has 1 rings (SSSR count). The number of halogens is 1. The van der Waals surface area contributed by atoms with Gasteiger partial charge in [-0.1, -0.05) is 0 Å². The van der Waals surface area contributed by atoms with E-state index in [9.17, 15) is 0 Å². The van der Waals surface area contributed by atoms with Crippen LogP contribution in [0.4, 0.5) is 0 Å². The Morgan fingerprint density at radius 1 is 1.38 bits per heavy atom. The van der Waals surface area contributed by atoms with Crippen LogP contribution in [0.15, 0.2) is 0 Å². The highest BCUT2D eigenvalue weighted by molar-refractivity contribution is 9.23. The largest absolute Gasteiger partial charge is 0.318 e. The molecule has 1 aliphatic heterocycles. The molecule has 0 spiro atoms. The molecule has 1 nitrogen and oxygen atoms in total. The Bertz CT molecular complexity index is 67.1. The predicted molar refractivity (Wildman–Crippen MR) is 46.4 cm³/mol. The molecule has 4 heteroatoms. The molecule has 0 unspecified atom stereocenters. The van der Waals surface area contributed by atoms with Crippen molar-refractivity contribution < 1.29 is 0 Å². The van der Waals surface area contributed by atoms with E-state index < -0.39 is 0 Å². The number of nitrogens with zero attached hydrogens (tertiary/aromatic N) is 1. The molecule has 0 radical (unpaired) electrons. The lowest BCUT2D eigenvalue weighted by atomic mass is 10.6. The fourth-order valence-electron chi connectivity index (χ4n) is 0.721. The van der Waals surface area contributed by atoms with E-state index in [1.807, 2.05) is 0 Å². The van der Waals surface area contributed by atoms with E-state index in [-0.39, 0.29) is 8.30 Å². The summed E-state index contributed by atoms with van der Waals surface area (Å²) < 4.78 is 2.55. The van der Waals surface area contributed by atoms with Crippen LogP contribution in [0.1, 0.15) is 0 Å². The zero-order valence-electron chi connectivity index (χ0n) is 4.77. The minimum atomic E-state index is 0.000710. The molecular weight excluding hydrogens is 202 g/mol. The van der Waals surface area contributed by atoms with Gasteiger partial charge in [-0.15, -0.1) is 15.3 Å². The Kier molecular flexibility index (Phi) is 3.49. The Labute approximate surface area is 64.7 Å². The van der Waals surface area contributed by atoms with Gasteiger partial charge in [0.1, 0.15) is 0 Å². The van der Waals surface area contributed by atoms with Gasteiger partial charge in [0, 0.05) is 24.6 Å². The monoisotopic (exact) mass is 211 g/mol. The van der Waals surface area contributed by atoms with Crippen molar-refractivity contribution in [1.29, 1.82) is 0 Å². The van der Waals surface area contributed by atoms with Gasteiger partial charge in [-0.05, 0) is 0 Å². The average molecular weight is 212 g/mol. The lowest BCUT2D eigenvalue weighted by Gasteiger charge is -2.23. The highest BCUT2D eigenvalue weighted by Gasteiger charge is 2.06. The minimum absolute atomic E-state index is 0.000710. The van der Waals surface area contributed by atoms with Crippen molar-refractivity contribution in [2.24, 2.45) is 0 Å². The molecule has 0 aromatic heterocycles. The maximum absolute atomic E-state index is 3.57. The average Bonchev–Trinajstić information content (AvgIpc) is 1.90. The molecule has 0 bridgehead atoms. The Morgan fingerprint density at radius 3 is 2.38 bits per heavy atom. The van der Waals surface area contributed by atoms with Gasteiger partial charge in [-0.25, -0.2) is 0 Å². The maximum Gasteiger partial charge on any atom is 0.171 e. The zero-order chi connectivity index (χ0) is 5.82. The first-order valence-electron chi connectivity index (χ1n) is 2.79. The molecular formula is C4H10BrNSSi. The summed E-state index contributed by atoms with van der Waals surface area (Å²) in [5, 5.41) is 0. The topological polar surface area (TPSA) is 3.24 Å². The van der Waals surface area contributed by atoms with Crippen LogP contribution >= 0.6 is 27.1 Å². The van der Waals surface area contributed by atoms with Crippen molar-refractivity contribution in [3.63, 3.8) is 0 Å². The summed E-state index contributed by atoms with van der Waals surface area (Å²) in [6.45, 7) is 2.64. The fraction of sp³-hybridized carbons (Fsp3) is 1.00. The third-order valence-corrected chi connectivity index (χ3v) is 5.31. The van der Waals surface area contributed by atoms with Crippen molar-refractivity contribution in [1.82, 2.24) is 4.57 Å². The second kappa shape index (κ2) is 3.93. The molecule has 0 N–H and O–H groups in total. The third kappa shape index (κ3) is 2.09. The summed E-state index contributed by atoms with van der Waals surface area (Å²) in [5.41, 5.74) is 0. The number of thioether (sulfide) groups is 1. The second-order valence-electron chi connectivity index (χ2n) is 1.85. The van der Waals surface area contributed by atoms with Crippen LogP contribution < -0.4 is 0 Å². The summed E-state index contributed by atoms with van der Waals surface area (Å²) >= 11 is 5.64. The summed E-state index contributed by atoms with van der Waals surface area (Å²) in [6, 6.07) is 0. The molecule has 8 heavy (non-hydrogen) atoms. The molecule has 1 heterocycles. The van der Waals surface area contributed by atoms with E-state index in [1.54, 1.807) is 0 Å². The third-order valence-electron chi connectivity index (χ3n) is 1.27. The number of hydrogen-bond acceptors (Lipinski definition) is 2. The van der Waals surface area contributed by atoms with E-state index in [0.717, 1.165) is 0 Å². The quantitative estimate of drug-likeness (QED) is 0.458. The van der Waals surface area contributed by atoms with Crippen LogP contribution in [-0.2, 0) is 0 Å². The summed E-state index contributed by atoms with van der Waals surface area (Å²) in [4.78, 5) is 0. The van der Waals surface area contributed by atoms with Gasteiger partial charge in [0.05, 0.1) is 0 Å². The van der Waals surface area contributed by atoms with E-state index in [4.69, 9.17) is 0 Å². The van der Waals surface area contributed by atoms with Crippen molar-refractivity contribution in [3.8, 4) is 0 Å². The molecule has 0 amide bonds. The van der Waals surface area contributed by atoms with E-state index in [0.29, 0.717) is 0 Å². The molecule has 1 aliphatic rings. The van der Waals surface area contributed by atoms with E-state index >= 15 is 0 Å². The van der Waals surface area contributed by atoms with Gasteiger partial charge in [0.15, 0.2) is 8.30 Å². The van der Waals surface area contributed by atoms with Crippen molar-refractivity contribution in [2.75, 3.05) is 24.6 Å². The smallest absolute Gasteiger partial charge is 0.171 e. The molecule has 1 fully saturated rings. The van der Waals surface area contributed by atoms with Gasteiger partial charge in [-0.3, -0.25) is 0 Å². The molecule has 0 aliphatic carbocycles. The lowest BCUT2D eigenvalue weighted by Crippen LogP contribution is -2.33. The Hall–Kier alpha value is 1.01. The van der Waals surface area contributed by atoms with Crippen molar-refractivity contribution in [2.45, 2.75) is 0 Å². The first kappa shape index (κ1) is 7.12. The molecule has 0 saturated carbocycles. The molecule has 48 valence electrons. The van der Waals surface area contributed by atoms with Gasteiger partial charge in [0.25, 0.3) is 0 Å². The van der Waals surface area contributed by atoms with Crippen LogP contribution in [0.25, 0.3) is 0 Å². The Balaban J connectivity index is 2.13. The van der Waals surface area contributed by atoms with Crippen molar-refractivity contribution in [3.05, 3.63) is 0 Å². The van der Waals surface area contributed by atoms with Crippen LogP contribution in [0.3, 0.4) is 0 Å². The second-order valence-corrected chi connectivity index (χ2v) is 5.71. The van der Waals surface area contributed by atoms with E-state index in [2.05, 4.69) is 31.6 Å². The number of rotatable bonds is 1. The summed E-state index contributed by atoms with van der Waals surface area (Å²) in [7, 11) is 0.000710. The van der Waals surface area contributed by atoms with Crippen LogP contribution in [0, 0.1) is 0 Å². The lowest BCUT2D eigenvalue weighted by molar-refractivity contribution is 0.500. The minimum Gasteiger partial charge on any atom is -0.318 e. The molecule has 1 saturated heterocycles. The SMILES string of the molecule is Br[SiH2]N1CCSCC1. The highest BCUT2D eigenvalue weighted by Crippen LogP contribution is 2.08. The van der Waals surface area contributed by atoms with Crippen LogP contribution in [0.2, 0.25) is 0 Å². The zero-order valence-corrected chi connectivity index (χ0v) is 8.59. The summed E-state index contributed by atoms with van der Waals surface area (Å²) in [5.74, 6) is 2.69. The van der Waals surface area contributed by atoms with Gasteiger partial charge < -0.3 is 4.57 Å².